The van der Waals surface area contributed by atoms with Crippen LogP contribution in [0.15, 0.2) is 21.3 Å². The van der Waals surface area contributed by atoms with Crippen molar-refractivity contribution in [1.29, 1.82) is 0 Å². The number of aromatic nitrogens is 2. The fraction of sp³-hybridized carbons (Fsp3) is 0.625. The summed E-state index contributed by atoms with van der Waals surface area (Å²) in [5.41, 5.74) is 0.908. The van der Waals surface area contributed by atoms with Crippen LogP contribution in [0.4, 0.5) is 0 Å². The topological polar surface area (TPSA) is 64.1 Å². The number of nitrogens with zero attached hydrogens (tertiary/aromatic N) is 2. The largest absolute Gasteiger partial charge is 0.469 e. The number of rotatable bonds is 6. The molecule has 2 aromatic rings. The molecule has 1 aliphatic carbocycles. The van der Waals surface area contributed by atoms with Crippen molar-refractivity contribution in [2.45, 2.75) is 52.0 Å². The molecule has 1 unspecified atom stereocenters. The highest BCUT2D eigenvalue weighted by Crippen LogP contribution is 2.29. The molecule has 2 aromatic heterocycles. The summed E-state index contributed by atoms with van der Waals surface area (Å²) in [5, 5.41) is 7.67. The van der Waals surface area contributed by atoms with E-state index in [-0.39, 0.29) is 0 Å². The molecule has 114 valence electrons. The van der Waals surface area contributed by atoms with E-state index < -0.39 is 0 Å². The Morgan fingerprint density at radius 1 is 1.38 bits per heavy atom. The average molecular weight is 289 g/mol. The van der Waals surface area contributed by atoms with Crippen molar-refractivity contribution in [1.82, 2.24) is 15.5 Å². The van der Waals surface area contributed by atoms with Gasteiger partial charge in [-0.25, -0.2) is 0 Å². The zero-order valence-electron chi connectivity index (χ0n) is 12.8. The van der Waals surface area contributed by atoms with Crippen molar-refractivity contribution in [2.24, 2.45) is 5.92 Å². The Kier molecular flexibility index (Phi) is 4.39. The van der Waals surface area contributed by atoms with Crippen molar-refractivity contribution < 1.29 is 8.94 Å². The van der Waals surface area contributed by atoms with Gasteiger partial charge in [0.25, 0.3) is 0 Å². The molecule has 0 bridgehead atoms. The van der Waals surface area contributed by atoms with Gasteiger partial charge < -0.3 is 14.3 Å². The summed E-state index contributed by atoms with van der Waals surface area (Å²) in [7, 11) is 0. The minimum Gasteiger partial charge on any atom is -0.469 e. The van der Waals surface area contributed by atoms with Crippen LogP contribution in [0.3, 0.4) is 0 Å². The quantitative estimate of drug-likeness (QED) is 0.883. The number of hydrogen-bond acceptors (Lipinski definition) is 5. The van der Waals surface area contributed by atoms with Crippen LogP contribution < -0.4 is 5.32 Å². The molecule has 1 saturated carbocycles. The molecule has 1 fully saturated rings. The fourth-order valence-corrected chi connectivity index (χ4v) is 3.28. The molecular formula is C16H23N3O2. The Morgan fingerprint density at radius 2 is 2.19 bits per heavy atom. The van der Waals surface area contributed by atoms with Gasteiger partial charge in [-0.15, -0.1) is 0 Å². The lowest BCUT2D eigenvalue weighted by Gasteiger charge is -2.22. The third-order valence-electron chi connectivity index (χ3n) is 4.40. The molecule has 0 spiro atoms. The monoisotopic (exact) mass is 289 g/mol. The van der Waals surface area contributed by atoms with E-state index >= 15 is 0 Å². The van der Waals surface area contributed by atoms with E-state index in [4.69, 9.17) is 8.94 Å². The molecule has 21 heavy (non-hydrogen) atoms. The van der Waals surface area contributed by atoms with Crippen LogP contribution in [0.5, 0.6) is 0 Å². The normalized spacial score (nSPS) is 17.4. The maximum atomic E-state index is 5.44. The molecule has 0 amide bonds. The van der Waals surface area contributed by atoms with E-state index in [9.17, 15) is 0 Å². The Bertz CT molecular complexity index is 570. The number of nitrogens with one attached hydrogen (secondary N) is 1. The zero-order valence-corrected chi connectivity index (χ0v) is 12.8. The van der Waals surface area contributed by atoms with Crippen molar-refractivity contribution >= 4 is 0 Å². The Balaban J connectivity index is 1.71. The highest BCUT2D eigenvalue weighted by molar-refractivity contribution is 5.56. The molecule has 1 atom stereocenters. The number of likely N-dealkylation sites (N-methyl/N-ethyl adjacent to an activating group) is 1. The van der Waals surface area contributed by atoms with E-state index in [2.05, 4.69) is 22.4 Å². The van der Waals surface area contributed by atoms with Crippen molar-refractivity contribution in [3.8, 4) is 11.4 Å². The molecule has 1 aliphatic rings. The summed E-state index contributed by atoms with van der Waals surface area (Å²) < 4.78 is 10.7. The van der Waals surface area contributed by atoms with Crippen LogP contribution in [-0.4, -0.2) is 22.7 Å². The van der Waals surface area contributed by atoms with Gasteiger partial charge in [0.2, 0.25) is 11.7 Å². The second kappa shape index (κ2) is 6.43. The number of aryl methyl sites for hydroxylation is 1. The SMILES string of the molecule is CCNC(Cc1nc(-c2ccoc2C)no1)C1CCCC1. The average Bonchev–Trinajstić information content (AvgIpc) is 3.18. The van der Waals surface area contributed by atoms with E-state index in [1.807, 2.05) is 13.0 Å². The summed E-state index contributed by atoms with van der Waals surface area (Å²) >= 11 is 0. The molecular weight excluding hydrogens is 266 g/mol. The van der Waals surface area contributed by atoms with E-state index in [0.29, 0.717) is 17.8 Å². The second-order valence-electron chi connectivity index (χ2n) is 5.82. The van der Waals surface area contributed by atoms with Gasteiger partial charge in [-0.05, 0) is 38.3 Å². The minimum absolute atomic E-state index is 0.441. The lowest BCUT2D eigenvalue weighted by atomic mass is 9.95. The van der Waals surface area contributed by atoms with Crippen LogP contribution in [-0.2, 0) is 6.42 Å². The first kappa shape index (κ1) is 14.3. The maximum absolute atomic E-state index is 5.44. The van der Waals surface area contributed by atoms with E-state index in [1.54, 1.807) is 6.26 Å². The van der Waals surface area contributed by atoms with Crippen molar-refractivity contribution in [3.05, 3.63) is 24.0 Å². The van der Waals surface area contributed by atoms with E-state index in [0.717, 1.165) is 30.2 Å². The van der Waals surface area contributed by atoms with Crippen molar-refractivity contribution in [2.75, 3.05) is 6.54 Å². The van der Waals surface area contributed by atoms with Crippen LogP contribution in [0.25, 0.3) is 11.4 Å². The van der Waals surface area contributed by atoms with Crippen LogP contribution in [0, 0.1) is 12.8 Å². The lowest BCUT2D eigenvalue weighted by Crippen LogP contribution is -2.37. The number of hydrogen-bond donors (Lipinski definition) is 1. The van der Waals surface area contributed by atoms with Gasteiger partial charge >= 0.3 is 0 Å². The summed E-state index contributed by atoms with van der Waals surface area (Å²) in [6.45, 7) is 5.03. The summed E-state index contributed by atoms with van der Waals surface area (Å²) in [5.74, 6) is 2.89. The van der Waals surface area contributed by atoms with Gasteiger partial charge in [-0.2, -0.15) is 4.98 Å². The van der Waals surface area contributed by atoms with Gasteiger partial charge in [0.05, 0.1) is 11.8 Å². The fourth-order valence-electron chi connectivity index (χ4n) is 3.28. The van der Waals surface area contributed by atoms with Gasteiger partial charge in [0, 0.05) is 12.5 Å². The third-order valence-corrected chi connectivity index (χ3v) is 4.40. The first-order valence-corrected chi connectivity index (χ1v) is 7.88. The van der Waals surface area contributed by atoms with Crippen LogP contribution in [0.2, 0.25) is 0 Å². The Hall–Kier alpha value is -1.62. The standard InChI is InChI=1S/C16H23N3O2/c1-3-17-14(12-6-4-5-7-12)10-15-18-16(19-21-15)13-8-9-20-11(13)2/h8-9,12,14,17H,3-7,10H2,1-2H3. The van der Waals surface area contributed by atoms with Gasteiger partial charge in [0.15, 0.2) is 0 Å². The smallest absolute Gasteiger partial charge is 0.228 e. The van der Waals surface area contributed by atoms with Crippen LogP contribution in [0.1, 0.15) is 44.3 Å². The molecule has 0 aliphatic heterocycles. The van der Waals surface area contributed by atoms with Crippen molar-refractivity contribution in [3.63, 3.8) is 0 Å². The summed E-state index contributed by atoms with van der Waals surface area (Å²) in [6, 6.07) is 2.32. The first-order valence-electron chi connectivity index (χ1n) is 7.88. The first-order chi connectivity index (χ1) is 10.3. The molecule has 1 N–H and O–H groups in total. The maximum Gasteiger partial charge on any atom is 0.228 e. The van der Waals surface area contributed by atoms with Crippen LogP contribution >= 0.6 is 0 Å². The molecule has 3 rings (SSSR count). The van der Waals surface area contributed by atoms with Gasteiger partial charge in [-0.3, -0.25) is 0 Å². The highest BCUT2D eigenvalue weighted by Gasteiger charge is 2.26. The number of furan rings is 1. The van der Waals surface area contributed by atoms with Gasteiger partial charge in [0.1, 0.15) is 5.76 Å². The third kappa shape index (κ3) is 3.18. The minimum atomic E-state index is 0.441. The zero-order chi connectivity index (χ0) is 14.7. The summed E-state index contributed by atoms with van der Waals surface area (Å²) in [6.07, 6.45) is 7.76. The molecule has 5 heteroatoms. The predicted octanol–water partition coefficient (Wildman–Crippen LogP) is 3.35. The molecule has 0 aromatic carbocycles. The molecule has 2 heterocycles. The second-order valence-corrected chi connectivity index (χ2v) is 5.82. The Labute approximate surface area is 125 Å². The summed E-state index contributed by atoms with van der Waals surface area (Å²) in [4.78, 5) is 4.53. The Morgan fingerprint density at radius 3 is 2.86 bits per heavy atom. The van der Waals surface area contributed by atoms with Gasteiger partial charge in [-0.1, -0.05) is 24.9 Å². The predicted molar refractivity (Wildman–Crippen MR) is 79.9 cm³/mol. The lowest BCUT2D eigenvalue weighted by molar-refractivity contribution is 0.311. The van der Waals surface area contributed by atoms with E-state index in [1.165, 1.54) is 25.7 Å². The molecule has 5 nitrogen and oxygen atoms in total. The molecule has 0 radical (unpaired) electrons. The molecule has 0 saturated heterocycles. The highest BCUT2D eigenvalue weighted by atomic mass is 16.5.